The lowest BCUT2D eigenvalue weighted by Gasteiger charge is -2.09. The monoisotopic (exact) mass is 432 g/mol. The molecule has 0 N–H and O–H groups in total. The lowest BCUT2D eigenvalue weighted by molar-refractivity contribution is 0.0514. The summed E-state index contributed by atoms with van der Waals surface area (Å²) in [4.78, 5) is 22.6. The van der Waals surface area contributed by atoms with Gasteiger partial charge in [0.25, 0.3) is 0 Å². The molecule has 0 atom stereocenters. The molecule has 7 heteroatoms. The normalized spacial score (nSPS) is 11.6. The summed E-state index contributed by atoms with van der Waals surface area (Å²) in [6.45, 7) is 4.83. The highest BCUT2D eigenvalue weighted by Crippen LogP contribution is 2.25. The van der Waals surface area contributed by atoms with Crippen LogP contribution in [0.15, 0.2) is 77.4 Å². The molecule has 0 saturated heterocycles. The van der Waals surface area contributed by atoms with E-state index in [0.717, 1.165) is 28.2 Å². The minimum Gasteiger partial charge on any atom is -0.461 e. The van der Waals surface area contributed by atoms with Crippen LogP contribution in [0.2, 0.25) is 0 Å². The first-order valence-corrected chi connectivity index (χ1v) is 11.2. The van der Waals surface area contributed by atoms with Gasteiger partial charge in [-0.3, -0.25) is 4.57 Å². The number of rotatable bonds is 7. The Morgan fingerprint density at radius 1 is 1.06 bits per heavy atom. The number of hydrogen-bond acceptors (Lipinski definition) is 5. The molecule has 0 unspecified atom stereocenters. The SMILES string of the molecule is CCCn1cnc(N=c2scc(-c3ccccc3)n2-c2ccccc2)c1C(=O)OCC. The molecule has 2 aromatic carbocycles. The van der Waals surface area contributed by atoms with E-state index in [4.69, 9.17) is 9.73 Å². The van der Waals surface area contributed by atoms with Gasteiger partial charge in [-0.25, -0.2) is 9.78 Å². The first-order valence-electron chi connectivity index (χ1n) is 10.3. The maximum Gasteiger partial charge on any atom is 0.358 e. The molecule has 0 fully saturated rings. The van der Waals surface area contributed by atoms with Gasteiger partial charge in [0, 0.05) is 17.6 Å². The van der Waals surface area contributed by atoms with Crippen molar-refractivity contribution in [1.82, 2.24) is 14.1 Å². The maximum atomic E-state index is 12.6. The van der Waals surface area contributed by atoms with E-state index >= 15 is 0 Å². The molecule has 0 amide bonds. The molecule has 0 aliphatic carbocycles. The number of carbonyl (C=O) groups excluding carboxylic acids is 1. The second-order valence-electron chi connectivity index (χ2n) is 6.88. The Labute approximate surface area is 185 Å². The zero-order valence-corrected chi connectivity index (χ0v) is 18.4. The fourth-order valence-corrected chi connectivity index (χ4v) is 4.30. The molecule has 6 nitrogen and oxygen atoms in total. The number of nitrogens with zero attached hydrogens (tertiary/aromatic N) is 4. The molecule has 31 heavy (non-hydrogen) atoms. The minimum atomic E-state index is -0.404. The first kappa shape index (κ1) is 20.8. The standard InChI is InChI=1S/C24H24N4O2S/c1-3-15-27-17-25-22(21(27)23(29)30-4-2)26-24-28(19-13-9-6-10-14-19)20(16-31-24)18-11-7-5-8-12-18/h5-14,16-17H,3-4,15H2,1-2H3. The zero-order valence-electron chi connectivity index (χ0n) is 17.6. The van der Waals surface area contributed by atoms with E-state index < -0.39 is 5.97 Å². The largest absolute Gasteiger partial charge is 0.461 e. The Bertz CT molecular complexity index is 1220. The van der Waals surface area contributed by atoms with Crippen LogP contribution < -0.4 is 4.80 Å². The molecule has 0 spiro atoms. The smallest absolute Gasteiger partial charge is 0.358 e. The zero-order chi connectivity index (χ0) is 21.6. The lowest BCUT2D eigenvalue weighted by Crippen LogP contribution is -2.15. The molecule has 0 aliphatic heterocycles. The van der Waals surface area contributed by atoms with E-state index in [1.165, 1.54) is 11.3 Å². The van der Waals surface area contributed by atoms with Gasteiger partial charge in [0.05, 0.1) is 18.6 Å². The van der Waals surface area contributed by atoms with E-state index in [9.17, 15) is 4.79 Å². The fourth-order valence-electron chi connectivity index (χ4n) is 3.39. The topological polar surface area (TPSA) is 61.4 Å². The molecule has 4 rings (SSSR count). The van der Waals surface area contributed by atoms with Crippen molar-refractivity contribution in [2.75, 3.05) is 6.61 Å². The summed E-state index contributed by atoms with van der Waals surface area (Å²) in [5, 5.41) is 2.08. The molecule has 0 radical (unpaired) electrons. The summed E-state index contributed by atoms with van der Waals surface area (Å²) in [6.07, 6.45) is 2.54. The number of benzene rings is 2. The summed E-state index contributed by atoms with van der Waals surface area (Å²) in [7, 11) is 0. The lowest BCUT2D eigenvalue weighted by atomic mass is 10.1. The van der Waals surface area contributed by atoms with Crippen LogP contribution in [-0.4, -0.2) is 26.7 Å². The Morgan fingerprint density at radius 2 is 1.77 bits per heavy atom. The number of para-hydroxylation sites is 1. The molecule has 0 bridgehead atoms. The van der Waals surface area contributed by atoms with Gasteiger partial charge < -0.3 is 9.30 Å². The quantitative estimate of drug-likeness (QED) is 0.376. The van der Waals surface area contributed by atoms with Crippen molar-refractivity contribution in [1.29, 1.82) is 0 Å². The molecular weight excluding hydrogens is 408 g/mol. The van der Waals surface area contributed by atoms with Crippen LogP contribution in [0.5, 0.6) is 0 Å². The van der Waals surface area contributed by atoms with Crippen LogP contribution in [0.3, 0.4) is 0 Å². The van der Waals surface area contributed by atoms with E-state index in [1.807, 2.05) is 53.1 Å². The Kier molecular flexibility index (Phi) is 6.43. The minimum absolute atomic E-state index is 0.302. The summed E-state index contributed by atoms with van der Waals surface area (Å²) in [6, 6.07) is 20.3. The predicted octanol–water partition coefficient (Wildman–Crippen LogP) is 5.22. The maximum absolute atomic E-state index is 12.6. The Morgan fingerprint density at radius 3 is 2.45 bits per heavy atom. The number of aryl methyl sites for hydroxylation is 1. The predicted molar refractivity (Wildman–Crippen MR) is 123 cm³/mol. The highest BCUT2D eigenvalue weighted by atomic mass is 32.1. The first-order chi connectivity index (χ1) is 15.2. The third-order valence-electron chi connectivity index (χ3n) is 4.75. The number of carbonyl (C=O) groups is 1. The average molecular weight is 433 g/mol. The molecule has 0 saturated carbocycles. The van der Waals surface area contributed by atoms with E-state index in [-0.39, 0.29) is 0 Å². The van der Waals surface area contributed by atoms with Gasteiger partial charge in [-0.05, 0) is 31.0 Å². The van der Waals surface area contributed by atoms with E-state index in [2.05, 4.69) is 34.0 Å². The average Bonchev–Trinajstić information content (AvgIpc) is 3.40. The number of esters is 1. The summed E-state index contributed by atoms with van der Waals surface area (Å²) < 4.78 is 9.18. The van der Waals surface area contributed by atoms with Crippen molar-refractivity contribution in [2.45, 2.75) is 26.8 Å². The highest BCUT2D eigenvalue weighted by molar-refractivity contribution is 7.07. The second-order valence-corrected chi connectivity index (χ2v) is 7.72. The van der Waals surface area contributed by atoms with Crippen molar-refractivity contribution in [2.24, 2.45) is 4.99 Å². The van der Waals surface area contributed by atoms with Crippen molar-refractivity contribution >= 4 is 23.1 Å². The highest BCUT2D eigenvalue weighted by Gasteiger charge is 2.20. The molecule has 4 aromatic rings. The van der Waals surface area contributed by atoms with Gasteiger partial charge in [0.1, 0.15) is 0 Å². The van der Waals surface area contributed by atoms with Crippen LogP contribution in [0, 0.1) is 0 Å². The second kappa shape index (κ2) is 9.57. The van der Waals surface area contributed by atoms with Gasteiger partial charge in [-0.2, -0.15) is 4.99 Å². The van der Waals surface area contributed by atoms with Gasteiger partial charge in [0.2, 0.25) is 0 Å². The summed E-state index contributed by atoms with van der Waals surface area (Å²) in [5.74, 6) is -0.0312. The van der Waals surface area contributed by atoms with Crippen LogP contribution in [0.1, 0.15) is 30.8 Å². The molecule has 2 heterocycles. The third kappa shape index (κ3) is 4.36. The Hall–Kier alpha value is -3.45. The van der Waals surface area contributed by atoms with E-state index in [0.29, 0.717) is 24.7 Å². The van der Waals surface area contributed by atoms with Gasteiger partial charge in [-0.15, -0.1) is 11.3 Å². The molecule has 2 aromatic heterocycles. The number of imidazole rings is 1. The fraction of sp³-hybridized carbons (Fsp3) is 0.208. The van der Waals surface area contributed by atoms with Crippen LogP contribution >= 0.6 is 11.3 Å². The number of aromatic nitrogens is 3. The summed E-state index contributed by atoms with van der Waals surface area (Å²) in [5.41, 5.74) is 3.50. The number of ether oxygens (including phenoxy) is 1. The van der Waals surface area contributed by atoms with Crippen molar-refractivity contribution < 1.29 is 9.53 Å². The molecule has 158 valence electrons. The summed E-state index contributed by atoms with van der Waals surface area (Å²) >= 11 is 1.51. The van der Waals surface area contributed by atoms with Crippen molar-refractivity contribution in [3.05, 3.63) is 82.9 Å². The van der Waals surface area contributed by atoms with Gasteiger partial charge in [0.15, 0.2) is 16.3 Å². The van der Waals surface area contributed by atoms with Gasteiger partial charge >= 0.3 is 5.97 Å². The van der Waals surface area contributed by atoms with Crippen LogP contribution in [0.4, 0.5) is 5.82 Å². The van der Waals surface area contributed by atoms with Gasteiger partial charge in [-0.1, -0.05) is 55.5 Å². The number of hydrogen-bond donors (Lipinski definition) is 0. The number of thiazole rings is 1. The third-order valence-corrected chi connectivity index (χ3v) is 5.57. The van der Waals surface area contributed by atoms with Crippen LogP contribution in [0.25, 0.3) is 16.9 Å². The van der Waals surface area contributed by atoms with Crippen molar-refractivity contribution in [3.8, 4) is 16.9 Å². The molecule has 0 aliphatic rings. The van der Waals surface area contributed by atoms with Crippen LogP contribution in [-0.2, 0) is 11.3 Å². The van der Waals surface area contributed by atoms with E-state index in [1.54, 1.807) is 13.3 Å². The Balaban J connectivity index is 1.92. The molecular formula is C24H24N4O2S. The van der Waals surface area contributed by atoms with Crippen molar-refractivity contribution in [3.63, 3.8) is 0 Å².